The molecule has 0 bridgehead atoms. The molecule has 0 N–H and O–H groups in total. The van der Waals surface area contributed by atoms with Gasteiger partial charge < -0.3 is 18.9 Å². The summed E-state index contributed by atoms with van der Waals surface area (Å²) in [5.74, 6) is 1.01. The van der Waals surface area contributed by atoms with Crippen molar-refractivity contribution in [3.05, 3.63) is 95.1 Å². The van der Waals surface area contributed by atoms with E-state index in [-0.39, 0.29) is 23.9 Å². The predicted molar refractivity (Wildman–Crippen MR) is 144 cm³/mol. The van der Waals surface area contributed by atoms with Gasteiger partial charge in [0.25, 0.3) is 0 Å². The van der Waals surface area contributed by atoms with Crippen molar-refractivity contribution in [1.82, 2.24) is 0 Å². The molecule has 3 rings (SSSR count). The summed E-state index contributed by atoms with van der Waals surface area (Å²) in [4.78, 5) is 23.8. The number of esters is 1. The summed E-state index contributed by atoms with van der Waals surface area (Å²) < 4.78 is 22.3. The Balaban J connectivity index is 1.53. The van der Waals surface area contributed by atoms with Crippen LogP contribution in [0.1, 0.15) is 66.5 Å². The Hall–Kier alpha value is -3.64. The molecule has 6 nitrogen and oxygen atoms in total. The summed E-state index contributed by atoms with van der Waals surface area (Å²) in [6.07, 6.45) is -0.401. The molecular formula is C31H36O6. The molecule has 0 aliphatic heterocycles. The summed E-state index contributed by atoms with van der Waals surface area (Å²) in [6.45, 7) is 10.3. The van der Waals surface area contributed by atoms with Crippen molar-refractivity contribution in [1.29, 1.82) is 0 Å². The van der Waals surface area contributed by atoms with Crippen LogP contribution in [0.5, 0.6) is 11.5 Å². The fraction of sp³-hybridized carbons (Fsp3) is 0.355. The van der Waals surface area contributed by atoms with Gasteiger partial charge >= 0.3 is 5.97 Å². The molecule has 2 atom stereocenters. The van der Waals surface area contributed by atoms with Crippen LogP contribution in [0.25, 0.3) is 0 Å². The lowest BCUT2D eigenvalue weighted by Gasteiger charge is -2.26. The quantitative estimate of drug-likeness (QED) is 0.214. The molecule has 196 valence electrons. The van der Waals surface area contributed by atoms with Crippen molar-refractivity contribution >= 4 is 11.8 Å². The summed E-state index contributed by atoms with van der Waals surface area (Å²) in [7, 11) is 1.67. The first-order valence-electron chi connectivity index (χ1n) is 12.4. The number of ketones is 1. The lowest BCUT2D eigenvalue weighted by atomic mass is 9.78. The molecule has 0 amide bonds. The van der Waals surface area contributed by atoms with Crippen LogP contribution >= 0.6 is 0 Å². The Labute approximate surface area is 219 Å². The number of hydrogen-bond donors (Lipinski definition) is 0. The van der Waals surface area contributed by atoms with Crippen LogP contribution in [0.4, 0.5) is 0 Å². The fourth-order valence-electron chi connectivity index (χ4n) is 3.72. The highest BCUT2D eigenvalue weighted by molar-refractivity contribution is 5.96. The summed E-state index contributed by atoms with van der Waals surface area (Å²) >= 11 is 0. The van der Waals surface area contributed by atoms with Gasteiger partial charge in [-0.25, -0.2) is 4.79 Å². The topological polar surface area (TPSA) is 71.1 Å². The molecular weight excluding hydrogens is 468 g/mol. The maximum Gasteiger partial charge on any atom is 0.338 e. The number of carbonyl (C=O) groups is 2. The number of ether oxygens (including phenoxy) is 4. The highest BCUT2D eigenvalue weighted by Gasteiger charge is 2.23. The van der Waals surface area contributed by atoms with Gasteiger partial charge in [-0.05, 0) is 68.3 Å². The van der Waals surface area contributed by atoms with E-state index in [0.29, 0.717) is 23.5 Å². The van der Waals surface area contributed by atoms with Crippen LogP contribution in [-0.2, 0) is 14.9 Å². The molecule has 0 aliphatic carbocycles. The van der Waals surface area contributed by atoms with Crippen LogP contribution in [0.15, 0.2) is 72.8 Å². The molecule has 2 unspecified atom stereocenters. The van der Waals surface area contributed by atoms with Crippen molar-refractivity contribution in [2.24, 2.45) is 0 Å². The normalized spacial score (nSPS) is 12.9. The van der Waals surface area contributed by atoms with Crippen molar-refractivity contribution in [3.8, 4) is 11.5 Å². The third-order valence-electron chi connectivity index (χ3n) is 6.36. The molecule has 6 heteroatoms. The highest BCUT2D eigenvalue weighted by atomic mass is 16.6. The number of methoxy groups -OCH3 is 1. The number of benzene rings is 3. The van der Waals surface area contributed by atoms with Crippen molar-refractivity contribution in [2.45, 2.75) is 52.2 Å². The van der Waals surface area contributed by atoms with E-state index in [2.05, 4.69) is 26.0 Å². The van der Waals surface area contributed by atoms with E-state index in [1.54, 1.807) is 38.3 Å². The lowest BCUT2D eigenvalue weighted by molar-refractivity contribution is 0.0228. The zero-order valence-corrected chi connectivity index (χ0v) is 22.4. The minimum atomic E-state index is -0.451. The largest absolute Gasteiger partial charge is 0.491 e. The molecule has 3 aromatic rings. The second kappa shape index (κ2) is 12.5. The van der Waals surface area contributed by atoms with Gasteiger partial charge in [-0.2, -0.15) is 0 Å². The maximum absolute atomic E-state index is 12.4. The molecule has 3 aromatic carbocycles. The SMILES string of the molecule is COC(C)COc1ccc(C(C)(C)c2ccc(OCC(C)OC(=O)c3ccc(C(C)=O)cc3)cc2)cc1. The Bertz CT molecular complexity index is 1160. The Morgan fingerprint density at radius 1 is 0.703 bits per heavy atom. The van der Waals surface area contributed by atoms with E-state index in [9.17, 15) is 9.59 Å². The van der Waals surface area contributed by atoms with Gasteiger partial charge in [0.15, 0.2) is 5.78 Å². The van der Waals surface area contributed by atoms with Gasteiger partial charge in [0.05, 0.1) is 11.7 Å². The van der Waals surface area contributed by atoms with Crippen LogP contribution in [-0.4, -0.2) is 44.3 Å². The second-order valence-corrected chi connectivity index (χ2v) is 9.69. The minimum absolute atomic E-state index is 0.0397. The molecule has 37 heavy (non-hydrogen) atoms. The maximum atomic E-state index is 12.4. The van der Waals surface area contributed by atoms with Crippen molar-refractivity contribution in [2.75, 3.05) is 20.3 Å². The number of hydrogen-bond acceptors (Lipinski definition) is 6. The van der Waals surface area contributed by atoms with Gasteiger partial charge in [-0.3, -0.25) is 4.79 Å². The smallest absolute Gasteiger partial charge is 0.338 e. The van der Waals surface area contributed by atoms with Gasteiger partial charge in [-0.1, -0.05) is 50.2 Å². The average Bonchev–Trinajstić information content (AvgIpc) is 2.91. The van der Waals surface area contributed by atoms with Crippen LogP contribution in [0, 0.1) is 0 Å². The number of rotatable bonds is 12. The van der Waals surface area contributed by atoms with Gasteiger partial charge in [-0.15, -0.1) is 0 Å². The monoisotopic (exact) mass is 504 g/mol. The molecule has 0 fully saturated rings. The third-order valence-corrected chi connectivity index (χ3v) is 6.36. The fourth-order valence-corrected chi connectivity index (χ4v) is 3.72. The zero-order valence-electron chi connectivity index (χ0n) is 22.4. The Kier molecular flexibility index (Phi) is 9.48. The van der Waals surface area contributed by atoms with E-state index >= 15 is 0 Å². The van der Waals surface area contributed by atoms with E-state index in [1.807, 2.05) is 43.3 Å². The Morgan fingerprint density at radius 3 is 1.57 bits per heavy atom. The Morgan fingerprint density at radius 2 is 1.14 bits per heavy atom. The van der Waals surface area contributed by atoms with Crippen LogP contribution in [0.2, 0.25) is 0 Å². The van der Waals surface area contributed by atoms with E-state index in [1.165, 1.54) is 12.5 Å². The van der Waals surface area contributed by atoms with Gasteiger partial charge in [0, 0.05) is 18.1 Å². The minimum Gasteiger partial charge on any atom is -0.491 e. The lowest BCUT2D eigenvalue weighted by Crippen LogP contribution is -2.22. The summed E-state index contributed by atoms with van der Waals surface area (Å²) in [5.41, 5.74) is 3.06. The van der Waals surface area contributed by atoms with Gasteiger partial charge in [0.1, 0.15) is 30.8 Å². The number of carbonyl (C=O) groups excluding carboxylic acids is 2. The summed E-state index contributed by atoms with van der Waals surface area (Å²) in [5, 5.41) is 0. The number of Topliss-reactive ketones (excluding diaryl/α,β-unsaturated/α-hetero) is 1. The molecule has 0 spiro atoms. The molecule has 0 saturated heterocycles. The third kappa shape index (κ3) is 7.67. The molecule has 0 aliphatic rings. The first-order chi connectivity index (χ1) is 17.6. The summed E-state index contributed by atoms with van der Waals surface area (Å²) in [6, 6.07) is 22.5. The first kappa shape index (κ1) is 27.9. The van der Waals surface area contributed by atoms with E-state index in [4.69, 9.17) is 18.9 Å². The van der Waals surface area contributed by atoms with Crippen molar-refractivity contribution < 1.29 is 28.5 Å². The van der Waals surface area contributed by atoms with E-state index < -0.39 is 12.1 Å². The van der Waals surface area contributed by atoms with Crippen LogP contribution in [0.3, 0.4) is 0 Å². The standard InChI is InChI=1S/C31H36O6/c1-21(34-6)19-35-28-15-11-26(12-16-28)31(4,5)27-13-17-29(18-14-27)36-20-22(2)37-30(33)25-9-7-24(8-10-25)23(3)32/h7-18,21-22H,19-20H2,1-6H3. The van der Waals surface area contributed by atoms with E-state index in [0.717, 1.165) is 11.3 Å². The van der Waals surface area contributed by atoms with Crippen molar-refractivity contribution in [3.63, 3.8) is 0 Å². The molecule has 0 radical (unpaired) electrons. The second-order valence-electron chi connectivity index (χ2n) is 9.69. The zero-order chi connectivity index (χ0) is 27.0. The average molecular weight is 505 g/mol. The predicted octanol–water partition coefficient (Wildman–Crippen LogP) is 6.25. The highest BCUT2D eigenvalue weighted by Crippen LogP contribution is 2.33. The molecule has 0 aromatic heterocycles. The molecule has 0 saturated carbocycles. The van der Waals surface area contributed by atoms with Gasteiger partial charge in [0.2, 0.25) is 0 Å². The molecule has 0 heterocycles. The first-order valence-corrected chi connectivity index (χ1v) is 12.4. The van der Waals surface area contributed by atoms with Crippen LogP contribution < -0.4 is 9.47 Å².